The molecule has 0 saturated carbocycles. The van der Waals surface area contributed by atoms with Crippen molar-refractivity contribution in [3.05, 3.63) is 96.1 Å². The molecule has 2 aliphatic rings. The highest BCUT2D eigenvalue weighted by Crippen LogP contribution is 2.31. The third-order valence-electron chi connectivity index (χ3n) is 7.32. The molecule has 6 nitrogen and oxygen atoms in total. The molecule has 3 aromatic rings. The van der Waals surface area contributed by atoms with E-state index in [1.165, 1.54) is 11.1 Å². The minimum absolute atomic E-state index is 0.00688. The molecule has 0 aromatic heterocycles. The largest absolute Gasteiger partial charge is 0.494 e. The van der Waals surface area contributed by atoms with Crippen molar-refractivity contribution in [3.63, 3.8) is 0 Å². The molecule has 6 heteroatoms. The van der Waals surface area contributed by atoms with Gasteiger partial charge in [0.15, 0.2) is 0 Å². The van der Waals surface area contributed by atoms with Gasteiger partial charge in [0, 0.05) is 44.8 Å². The van der Waals surface area contributed by atoms with Gasteiger partial charge in [0.05, 0.1) is 18.6 Å². The molecule has 1 atom stereocenters. The average molecular weight is 498 g/mol. The molecule has 37 heavy (non-hydrogen) atoms. The fraction of sp³-hybridized carbons (Fsp3) is 0.355. The highest BCUT2D eigenvalue weighted by molar-refractivity contribution is 6.00. The van der Waals surface area contributed by atoms with Crippen molar-refractivity contribution in [2.75, 3.05) is 44.2 Å². The molecular formula is C31H35N3O3. The number of nitrogens with zero attached hydrogens (tertiary/aromatic N) is 3. The van der Waals surface area contributed by atoms with E-state index in [2.05, 4.69) is 60.4 Å². The van der Waals surface area contributed by atoms with Gasteiger partial charge in [0.2, 0.25) is 11.8 Å². The fourth-order valence-electron chi connectivity index (χ4n) is 5.41. The second-order valence-corrected chi connectivity index (χ2v) is 9.83. The molecule has 2 heterocycles. The molecule has 2 saturated heterocycles. The van der Waals surface area contributed by atoms with Crippen molar-refractivity contribution in [2.24, 2.45) is 5.92 Å². The minimum atomic E-state index is -0.297. The monoisotopic (exact) mass is 497 g/mol. The van der Waals surface area contributed by atoms with Crippen LogP contribution >= 0.6 is 0 Å². The smallest absolute Gasteiger partial charge is 0.228 e. The molecule has 0 spiro atoms. The van der Waals surface area contributed by atoms with Crippen molar-refractivity contribution < 1.29 is 14.3 Å². The lowest BCUT2D eigenvalue weighted by atomic mass is 9.96. The van der Waals surface area contributed by atoms with Crippen LogP contribution in [0.2, 0.25) is 0 Å². The van der Waals surface area contributed by atoms with Gasteiger partial charge in [0.1, 0.15) is 5.75 Å². The number of hydrogen-bond donors (Lipinski definition) is 0. The molecule has 2 amide bonds. The molecule has 0 aliphatic carbocycles. The first-order valence-electron chi connectivity index (χ1n) is 13.3. The Hall–Kier alpha value is -3.64. The van der Waals surface area contributed by atoms with E-state index in [9.17, 15) is 9.59 Å². The van der Waals surface area contributed by atoms with Crippen molar-refractivity contribution in [2.45, 2.75) is 25.8 Å². The van der Waals surface area contributed by atoms with Crippen LogP contribution in [-0.4, -0.2) is 60.9 Å². The molecule has 0 unspecified atom stereocenters. The van der Waals surface area contributed by atoms with Gasteiger partial charge < -0.3 is 14.5 Å². The van der Waals surface area contributed by atoms with Gasteiger partial charge >= 0.3 is 0 Å². The maximum atomic E-state index is 13.4. The van der Waals surface area contributed by atoms with E-state index >= 15 is 0 Å². The number of piperazine rings is 1. The number of anilines is 1. The topological polar surface area (TPSA) is 53.1 Å². The zero-order chi connectivity index (χ0) is 25.6. The Morgan fingerprint density at radius 2 is 1.46 bits per heavy atom. The minimum Gasteiger partial charge on any atom is -0.494 e. The fourth-order valence-corrected chi connectivity index (χ4v) is 5.41. The summed E-state index contributed by atoms with van der Waals surface area (Å²) in [6, 6.07) is 28.9. The summed E-state index contributed by atoms with van der Waals surface area (Å²) in [4.78, 5) is 32.4. The summed E-state index contributed by atoms with van der Waals surface area (Å²) in [5, 5.41) is 0. The molecule has 192 valence electrons. The molecule has 5 rings (SSSR count). The third-order valence-corrected chi connectivity index (χ3v) is 7.32. The third kappa shape index (κ3) is 5.70. The highest BCUT2D eigenvalue weighted by Gasteiger charge is 2.38. The molecule has 2 fully saturated rings. The second-order valence-electron chi connectivity index (χ2n) is 9.83. The van der Waals surface area contributed by atoms with Crippen LogP contribution in [0.5, 0.6) is 5.75 Å². The number of benzene rings is 3. The Morgan fingerprint density at radius 1 is 0.865 bits per heavy atom. The van der Waals surface area contributed by atoms with Gasteiger partial charge in [-0.25, -0.2) is 0 Å². The first-order chi connectivity index (χ1) is 18.1. The van der Waals surface area contributed by atoms with E-state index in [0.29, 0.717) is 26.2 Å². The van der Waals surface area contributed by atoms with E-state index in [0.717, 1.165) is 30.9 Å². The molecule has 0 N–H and O–H groups in total. The van der Waals surface area contributed by atoms with Crippen LogP contribution in [0.1, 0.15) is 36.9 Å². The van der Waals surface area contributed by atoms with Crippen molar-refractivity contribution in [3.8, 4) is 5.75 Å². The number of carbonyl (C=O) groups excluding carboxylic acids is 2. The number of ether oxygens (including phenoxy) is 1. The standard InChI is InChI=1S/C31H35N3O3/c1-2-21-37-28-15-13-27(14-16-28)34-23-26(22-29(34)35)31(36)33-19-17-32(18-20-33)30(24-9-5-3-6-10-24)25-11-7-4-8-12-25/h3-16,26,30H,2,17-23H2,1H3/t26-/m0/s1. The first kappa shape index (κ1) is 25.0. The summed E-state index contributed by atoms with van der Waals surface area (Å²) < 4.78 is 5.65. The second kappa shape index (κ2) is 11.6. The van der Waals surface area contributed by atoms with Gasteiger partial charge in [-0.05, 0) is 41.8 Å². The Balaban J connectivity index is 1.21. The predicted molar refractivity (Wildman–Crippen MR) is 146 cm³/mol. The highest BCUT2D eigenvalue weighted by atomic mass is 16.5. The molecule has 2 aliphatic heterocycles. The Kier molecular flexibility index (Phi) is 7.85. The quantitative estimate of drug-likeness (QED) is 0.450. The zero-order valence-electron chi connectivity index (χ0n) is 21.5. The van der Waals surface area contributed by atoms with Crippen LogP contribution in [0, 0.1) is 5.92 Å². The first-order valence-corrected chi connectivity index (χ1v) is 13.3. The van der Waals surface area contributed by atoms with Crippen molar-refractivity contribution in [1.82, 2.24) is 9.80 Å². The Morgan fingerprint density at radius 3 is 2.03 bits per heavy atom. The van der Waals surface area contributed by atoms with E-state index in [4.69, 9.17) is 4.74 Å². The van der Waals surface area contributed by atoms with Gasteiger partial charge in [-0.15, -0.1) is 0 Å². The van der Waals surface area contributed by atoms with Crippen molar-refractivity contribution >= 4 is 17.5 Å². The SMILES string of the molecule is CCCOc1ccc(N2C[C@@H](C(=O)N3CCN(C(c4ccccc4)c4ccccc4)CC3)CC2=O)cc1. The van der Waals surface area contributed by atoms with Crippen LogP contribution in [0.15, 0.2) is 84.9 Å². The summed E-state index contributed by atoms with van der Waals surface area (Å²) in [5.41, 5.74) is 3.34. The lowest BCUT2D eigenvalue weighted by Gasteiger charge is -2.40. The van der Waals surface area contributed by atoms with E-state index in [1.807, 2.05) is 41.3 Å². The van der Waals surface area contributed by atoms with Gasteiger partial charge in [-0.1, -0.05) is 67.6 Å². The summed E-state index contributed by atoms with van der Waals surface area (Å²) in [5.74, 6) is 0.600. The number of hydrogen-bond acceptors (Lipinski definition) is 4. The van der Waals surface area contributed by atoms with Crippen LogP contribution in [-0.2, 0) is 9.59 Å². The van der Waals surface area contributed by atoms with Gasteiger partial charge in [-0.2, -0.15) is 0 Å². The summed E-state index contributed by atoms with van der Waals surface area (Å²) in [7, 11) is 0. The number of carbonyl (C=O) groups is 2. The average Bonchev–Trinajstić information content (AvgIpc) is 3.35. The van der Waals surface area contributed by atoms with E-state index < -0.39 is 0 Å². The Bertz CT molecular complexity index is 1140. The van der Waals surface area contributed by atoms with Crippen molar-refractivity contribution in [1.29, 1.82) is 0 Å². The van der Waals surface area contributed by atoms with Crippen LogP contribution in [0.4, 0.5) is 5.69 Å². The predicted octanol–water partition coefficient (Wildman–Crippen LogP) is 4.76. The van der Waals surface area contributed by atoms with Gasteiger partial charge in [-0.3, -0.25) is 14.5 Å². The Labute approximate surface area is 219 Å². The van der Waals surface area contributed by atoms with Crippen LogP contribution < -0.4 is 9.64 Å². The lowest BCUT2D eigenvalue weighted by Crippen LogP contribution is -2.51. The zero-order valence-corrected chi connectivity index (χ0v) is 21.5. The number of rotatable bonds is 8. The maximum Gasteiger partial charge on any atom is 0.228 e. The molecule has 0 radical (unpaired) electrons. The van der Waals surface area contributed by atoms with Crippen LogP contribution in [0.3, 0.4) is 0 Å². The molecule has 0 bridgehead atoms. The molecule has 3 aromatic carbocycles. The maximum absolute atomic E-state index is 13.4. The summed E-state index contributed by atoms with van der Waals surface area (Å²) in [6.07, 6.45) is 1.22. The summed E-state index contributed by atoms with van der Waals surface area (Å²) >= 11 is 0. The summed E-state index contributed by atoms with van der Waals surface area (Å²) in [6.45, 7) is 6.10. The number of amides is 2. The van der Waals surface area contributed by atoms with Gasteiger partial charge in [0.25, 0.3) is 0 Å². The van der Waals surface area contributed by atoms with E-state index in [1.54, 1.807) is 4.90 Å². The van der Waals surface area contributed by atoms with Crippen LogP contribution in [0.25, 0.3) is 0 Å². The molecular weight excluding hydrogens is 462 g/mol. The normalized spacial score (nSPS) is 18.4. The lowest BCUT2D eigenvalue weighted by molar-refractivity contribution is -0.137. The van der Waals surface area contributed by atoms with E-state index in [-0.39, 0.29) is 30.2 Å².